The summed E-state index contributed by atoms with van der Waals surface area (Å²) in [4.78, 5) is 14.7. The fourth-order valence-corrected chi connectivity index (χ4v) is 5.18. The number of nitrogens with one attached hydrogen (secondary N) is 1. The van der Waals surface area contributed by atoms with E-state index in [1.807, 2.05) is 14.0 Å². The number of carbonyl (C=O) groups excluding carboxylic acids is 1. The van der Waals surface area contributed by atoms with Crippen LogP contribution in [0.25, 0.3) is 6.08 Å². The molecule has 0 saturated carbocycles. The van der Waals surface area contributed by atoms with Crippen LogP contribution >= 0.6 is 11.6 Å². The Labute approximate surface area is 199 Å². The third kappa shape index (κ3) is 6.26. The van der Waals surface area contributed by atoms with Gasteiger partial charge in [-0.3, -0.25) is 4.79 Å². The molecule has 1 fully saturated rings. The topological polar surface area (TPSA) is 88.2 Å². The van der Waals surface area contributed by atoms with Crippen LogP contribution in [0.5, 0.6) is 11.5 Å². The molecule has 0 spiro atoms. The lowest BCUT2D eigenvalue weighted by Crippen LogP contribution is -2.47. The summed E-state index contributed by atoms with van der Waals surface area (Å²) in [5.74, 6) is 0.502. The van der Waals surface area contributed by atoms with Gasteiger partial charge in [0.2, 0.25) is 15.9 Å². The van der Waals surface area contributed by atoms with E-state index in [0.717, 1.165) is 0 Å². The number of sulfonamides is 1. The van der Waals surface area contributed by atoms with Crippen molar-refractivity contribution in [2.45, 2.75) is 11.8 Å². The Kier molecular flexibility index (Phi) is 8.36. The number of hydrogen-bond acceptors (Lipinski definition) is 6. The minimum absolute atomic E-state index is 0.150. The molecule has 1 aliphatic heterocycles. The highest BCUT2D eigenvalue weighted by Crippen LogP contribution is 2.36. The summed E-state index contributed by atoms with van der Waals surface area (Å²) in [5.41, 5.74) is 1.05. The van der Waals surface area contributed by atoms with E-state index in [1.165, 1.54) is 29.6 Å². The van der Waals surface area contributed by atoms with Crippen LogP contribution in [0.4, 0.5) is 5.69 Å². The van der Waals surface area contributed by atoms with Gasteiger partial charge in [0.1, 0.15) is 0 Å². The molecule has 0 aromatic heterocycles. The number of anilines is 1. The van der Waals surface area contributed by atoms with Crippen LogP contribution in [0.1, 0.15) is 12.5 Å². The third-order valence-electron chi connectivity index (χ3n) is 5.16. The normalized spacial score (nSPS) is 15.5. The standard InChI is InChI=1S/C23H28ClN3O5S/c1-4-32-21-15-17(14-20(24)23(21)31-3)8-9-22(28)25-18-6-5-7-19(16-18)33(29,30)27-12-10-26(2)11-13-27/h5-9,14-16H,4,10-13H2,1-3H3,(H,25,28)/b9-8+. The number of carbonyl (C=O) groups is 1. The van der Waals surface area contributed by atoms with Gasteiger partial charge in [0.25, 0.3) is 0 Å². The lowest BCUT2D eigenvalue weighted by atomic mass is 10.2. The fourth-order valence-electron chi connectivity index (χ4n) is 3.41. The van der Waals surface area contributed by atoms with Gasteiger partial charge in [-0.1, -0.05) is 17.7 Å². The van der Waals surface area contributed by atoms with Gasteiger partial charge in [-0.25, -0.2) is 8.42 Å². The Morgan fingerprint density at radius 3 is 2.58 bits per heavy atom. The molecule has 1 N–H and O–H groups in total. The van der Waals surface area contributed by atoms with Crippen LogP contribution in [0.2, 0.25) is 5.02 Å². The average molecular weight is 494 g/mol. The molecule has 1 aliphatic rings. The minimum atomic E-state index is -3.62. The quantitative estimate of drug-likeness (QED) is 0.567. The highest BCUT2D eigenvalue weighted by atomic mass is 35.5. The second-order valence-corrected chi connectivity index (χ2v) is 9.87. The molecule has 1 heterocycles. The maximum Gasteiger partial charge on any atom is 0.248 e. The van der Waals surface area contributed by atoms with E-state index in [2.05, 4.69) is 10.2 Å². The first-order valence-electron chi connectivity index (χ1n) is 10.5. The lowest BCUT2D eigenvalue weighted by Gasteiger charge is -2.31. The fraction of sp³-hybridized carbons (Fsp3) is 0.348. The molecular formula is C23H28ClN3O5S. The van der Waals surface area contributed by atoms with Crippen molar-refractivity contribution in [2.24, 2.45) is 0 Å². The van der Waals surface area contributed by atoms with E-state index in [-0.39, 0.29) is 4.90 Å². The van der Waals surface area contributed by atoms with Crippen molar-refractivity contribution in [1.29, 1.82) is 0 Å². The zero-order valence-corrected chi connectivity index (χ0v) is 20.4. The number of methoxy groups -OCH3 is 1. The van der Waals surface area contributed by atoms with Gasteiger partial charge in [-0.05, 0) is 55.9 Å². The predicted octanol–water partition coefficient (Wildman–Crippen LogP) is 3.34. The van der Waals surface area contributed by atoms with Gasteiger partial charge < -0.3 is 19.7 Å². The number of nitrogens with zero attached hydrogens (tertiary/aromatic N) is 2. The van der Waals surface area contributed by atoms with Crippen molar-refractivity contribution >= 4 is 39.3 Å². The Balaban J connectivity index is 1.72. The molecule has 1 saturated heterocycles. The Bertz CT molecular complexity index is 1130. The van der Waals surface area contributed by atoms with E-state index in [9.17, 15) is 13.2 Å². The molecule has 1 amide bonds. The van der Waals surface area contributed by atoms with Crippen molar-refractivity contribution in [2.75, 3.05) is 52.3 Å². The number of amides is 1. The summed E-state index contributed by atoms with van der Waals surface area (Å²) in [7, 11) is -0.156. The van der Waals surface area contributed by atoms with E-state index < -0.39 is 15.9 Å². The number of halogens is 1. The van der Waals surface area contributed by atoms with Crippen molar-refractivity contribution in [3.63, 3.8) is 0 Å². The minimum Gasteiger partial charge on any atom is -0.491 e. The molecule has 0 atom stereocenters. The maximum absolute atomic E-state index is 13.0. The molecule has 178 valence electrons. The number of rotatable bonds is 8. The van der Waals surface area contributed by atoms with Crippen molar-refractivity contribution < 1.29 is 22.7 Å². The smallest absolute Gasteiger partial charge is 0.248 e. The lowest BCUT2D eigenvalue weighted by molar-refractivity contribution is -0.111. The van der Waals surface area contributed by atoms with Crippen LogP contribution < -0.4 is 14.8 Å². The highest BCUT2D eigenvalue weighted by Gasteiger charge is 2.27. The van der Waals surface area contributed by atoms with Crippen LogP contribution in [-0.2, 0) is 14.8 Å². The number of benzene rings is 2. The monoisotopic (exact) mass is 493 g/mol. The first-order chi connectivity index (χ1) is 15.7. The van der Waals surface area contributed by atoms with Crippen molar-refractivity contribution in [1.82, 2.24) is 9.21 Å². The van der Waals surface area contributed by atoms with Gasteiger partial charge in [-0.2, -0.15) is 4.31 Å². The molecule has 0 aliphatic carbocycles. The van der Waals surface area contributed by atoms with Crippen molar-refractivity contribution in [3.8, 4) is 11.5 Å². The van der Waals surface area contributed by atoms with Crippen LogP contribution in [0.3, 0.4) is 0 Å². The summed E-state index contributed by atoms with van der Waals surface area (Å²) in [6.45, 7) is 4.52. The van der Waals surface area contributed by atoms with Crippen LogP contribution in [-0.4, -0.2) is 70.5 Å². The summed E-state index contributed by atoms with van der Waals surface area (Å²) in [6.07, 6.45) is 2.93. The predicted molar refractivity (Wildman–Crippen MR) is 130 cm³/mol. The molecule has 0 bridgehead atoms. The molecule has 8 nitrogen and oxygen atoms in total. The number of piperazine rings is 1. The van der Waals surface area contributed by atoms with Gasteiger partial charge in [-0.15, -0.1) is 0 Å². The van der Waals surface area contributed by atoms with Crippen LogP contribution in [0.15, 0.2) is 47.4 Å². The largest absolute Gasteiger partial charge is 0.491 e. The van der Waals surface area contributed by atoms with Gasteiger partial charge in [0.05, 0.1) is 23.6 Å². The first kappa shape index (κ1) is 25.0. The zero-order chi connectivity index (χ0) is 24.0. The van der Waals surface area contributed by atoms with E-state index in [0.29, 0.717) is 60.6 Å². The molecule has 0 unspecified atom stereocenters. The van der Waals surface area contributed by atoms with Crippen molar-refractivity contribution in [3.05, 3.63) is 53.1 Å². The Morgan fingerprint density at radius 2 is 1.91 bits per heavy atom. The second kappa shape index (κ2) is 11.0. The molecule has 10 heteroatoms. The van der Waals surface area contributed by atoms with E-state index >= 15 is 0 Å². The summed E-state index contributed by atoms with van der Waals surface area (Å²) in [6, 6.07) is 9.65. The summed E-state index contributed by atoms with van der Waals surface area (Å²) in [5, 5.41) is 3.07. The SMILES string of the molecule is CCOc1cc(/C=C/C(=O)Nc2cccc(S(=O)(=O)N3CCN(C)CC3)c2)cc(Cl)c1OC. The number of hydrogen-bond donors (Lipinski definition) is 1. The highest BCUT2D eigenvalue weighted by molar-refractivity contribution is 7.89. The van der Waals surface area contributed by atoms with Crippen LogP contribution in [0, 0.1) is 0 Å². The van der Waals surface area contributed by atoms with E-state index in [4.69, 9.17) is 21.1 Å². The van der Waals surface area contributed by atoms with E-state index in [1.54, 1.807) is 30.3 Å². The molecule has 2 aromatic carbocycles. The van der Waals surface area contributed by atoms with Gasteiger partial charge in [0.15, 0.2) is 11.5 Å². The summed E-state index contributed by atoms with van der Waals surface area (Å²) < 4.78 is 38.2. The molecule has 33 heavy (non-hydrogen) atoms. The first-order valence-corrected chi connectivity index (χ1v) is 12.3. The molecule has 0 radical (unpaired) electrons. The third-order valence-corrected chi connectivity index (χ3v) is 7.34. The Hall–Kier alpha value is -2.59. The van der Waals surface area contributed by atoms with Gasteiger partial charge >= 0.3 is 0 Å². The maximum atomic E-state index is 13.0. The number of ether oxygens (including phenoxy) is 2. The average Bonchev–Trinajstić information content (AvgIpc) is 2.78. The molecule has 3 rings (SSSR count). The molecule has 2 aromatic rings. The summed E-state index contributed by atoms with van der Waals surface area (Å²) >= 11 is 6.24. The zero-order valence-electron chi connectivity index (χ0n) is 18.9. The second-order valence-electron chi connectivity index (χ2n) is 7.52. The number of likely N-dealkylation sites (N-methyl/N-ethyl adjacent to an activating group) is 1. The Morgan fingerprint density at radius 1 is 1.18 bits per heavy atom. The molecular weight excluding hydrogens is 466 g/mol. The van der Waals surface area contributed by atoms with Gasteiger partial charge in [0, 0.05) is 37.9 Å².